The Morgan fingerprint density at radius 1 is 1.17 bits per heavy atom. The number of aromatic nitrogens is 2. The first kappa shape index (κ1) is 15.2. The SMILES string of the molecule is O=C(/C=C/c1ccccn1)N1CCC(Nc2cccnc2)CC1. The average molecular weight is 308 g/mol. The molecular formula is C18H20N4O. The van der Waals surface area contributed by atoms with Gasteiger partial charge in [-0.15, -0.1) is 0 Å². The van der Waals surface area contributed by atoms with Gasteiger partial charge in [-0.05, 0) is 43.2 Å². The lowest BCUT2D eigenvalue weighted by atomic mass is 10.0. The second-order valence-corrected chi connectivity index (χ2v) is 5.57. The molecule has 0 spiro atoms. The molecule has 0 unspecified atom stereocenters. The van der Waals surface area contributed by atoms with Crippen LogP contribution in [0.25, 0.3) is 6.08 Å². The number of pyridine rings is 2. The van der Waals surface area contributed by atoms with Crippen LogP contribution in [0.4, 0.5) is 5.69 Å². The summed E-state index contributed by atoms with van der Waals surface area (Å²) in [7, 11) is 0. The molecule has 1 aliphatic heterocycles. The maximum Gasteiger partial charge on any atom is 0.246 e. The highest BCUT2D eigenvalue weighted by molar-refractivity contribution is 5.91. The van der Waals surface area contributed by atoms with Crippen LogP contribution in [0.5, 0.6) is 0 Å². The molecule has 2 aromatic heterocycles. The third-order valence-electron chi connectivity index (χ3n) is 3.92. The Hall–Kier alpha value is -2.69. The van der Waals surface area contributed by atoms with Crippen LogP contribution in [0.3, 0.4) is 0 Å². The van der Waals surface area contributed by atoms with E-state index < -0.39 is 0 Å². The van der Waals surface area contributed by atoms with Crippen LogP contribution in [-0.4, -0.2) is 39.9 Å². The van der Waals surface area contributed by atoms with E-state index in [1.165, 1.54) is 0 Å². The zero-order valence-corrected chi connectivity index (χ0v) is 12.9. The Morgan fingerprint density at radius 2 is 2.04 bits per heavy atom. The molecule has 1 fully saturated rings. The molecule has 1 saturated heterocycles. The monoisotopic (exact) mass is 308 g/mol. The van der Waals surface area contributed by atoms with Crippen molar-refractivity contribution in [2.45, 2.75) is 18.9 Å². The van der Waals surface area contributed by atoms with Crippen LogP contribution in [0.2, 0.25) is 0 Å². The van der Waals surface area contributed by atoms with Crippen LogP contribution in [-0.2, 0) is 4.79 Å². The molecule has 0 atom stereocenters. The van der Waals surface area contributed by atoms with Crippen LogP contribution < -0.4 is 5.32 Å². The maximum atomic E-state index is 12.2. The normalized spacial score (nSPS) is 15.7. The Bertz CT molecular complexity index is 649. The molecule has 3 rings (SSSR count). The molecule has 2 aromatic rings. The molecule has 0 aliphatic carbocycles. The van der Waals surface area contributed by atoms with Crippen LogP contribution in [0, 0.1) is 0 Å². The number of nitrogens with zero attached hydrogens (tertiary/aromatic N) is 3. The summed E-state index contributed by atoms with van der Waals surface area (Å²) in [5.41, 5.74) is 1.83. The van der Waals surface area contributed by atoms with E-state index in [-0.39, 0.29) is 5.91 Å². The summed E-state index contributed by atoms with van der Waals surface area (Å²) in [5, 5.41) is 3.47. The number of rotatable bonds is 4. The molecule has 23 heavy (non-hydrogen) atoms. The van der Waals surface area contributed by atoms with Crippen molar-refractivity contribution >= 4 is 17.7 Å². The number of amides is 1. The quantitative estimate of drug-likeness (QED) is 0.882. The third-order valence-corrected chi connectivity index (χ3v) is 3.92. The summed E-state index contributed by atoms with van der Waals surface area (Å²) in [4.78, 5) is 22.4. The number of anilines is 1. The van der Waals surface area contributed by atoms with Gasteiger partial charge in [-0.25, -0.2) is 0 Å². The summed E-state index contributed by atoms with van der Waals surface area (Å²) in [6.07, 6.45) is 10.6. The molecule has 0 aromatic carbocycles. The highest BCUT2D eigenvalue weighted by atomic mass is 16.2. The highest BCUT2D eigenvalue weighted by Crippen LogP contribution is 2.16. The number of carbonyl (C=O) groups is 1. The molecule has 0 bridgehead atoms. The number of hydrogen-bond donors (Lipinski definition) is 1. The summed E-state index contributed by atoms with van der Waals surface area (Å²) in [6.45, 7) is 1.53. The van der Waals surface area contributed by atoms with Crippen molar-refractivity contribution in [1.29, 1.82) is 0 Å². The lowest BCUT2D eigenvalue weighted by molar-refractivity contribution is -0.126. The van der Waals surface area contributed by atoms with Gasteiger partial charge in [-0.3, -0.25) is 14.8 Å². The van der Waals surface area contributed by atoms with Crippen LogP contribution >= 0.6 is 0 Å². The van der Waals surface area contributed by atoms with Crippen molar-refractivity contribution in [3.63, 3.8) is 0 Å². The second-order valence-electron chi connectivity index (χ2n) is 5.57. The van der Waals surface area contributed by atoms with Gasteiger partial charge in [-0.1, -0.05) is 6.07 Å². The fourth-order valence-corrected chi connectivity index (χ4v) is 2.66. The van der Waals surface area contributed by atoms with Gasteiger partial charge in [-0.2, -0.15) is 0 Å². The van der Waals surface area contributed by atoms with Gasteiger partial charge in [0.05, 0.1) is 11.4 Å². The Balaban J connectivity index is 1.48. The predicted molar refractivity (Wildman–Crippen MR) is 90.7 cm³/mol. The van der Waals surface area contributed by atoms with E-state index in [4.69, 9.17) is 0 Å². The van der Waals surface area contributed by atoms with Crippen molar-refractivity contribution in [3.05, 3.63) is 60.7 Å². The van der Waals surface area contributed by atoms with Gasteiger partial charge in [0, 0.05) is 43.8 Å². The largest absolute Gasteiger partial charge is 0.381 e. The first-order valence-electron chi connectivity index (χ1n) is 7.86. The average Bonchev–Trinajstić information content (AvgIpc) is 2.62. The second kappa shape index (κ2) is 7.54. The Morgan fingerprint density at radius 3 is 2.74 bits per heavy atom. The minimum atomic E-state index is 0.0514. The van der Waals surface area contributed by atoms with E-state index in [0.29, 0.717) is 6.04 Å². The molecule has 118 valence electrons. The number of nitrogens with one attached hydrogen (secondary N) is 1. The Kier molecular flexibility index (Phi) is 4.99. The summed E-state index contributed by atoms with van der Waals surface area (Å²) in [5.74, 6) is 0.0514. The van der Waals surface area contributed by atoms with Gasteiger partial charge in [0.1, 0.15) is 0 Å². The third kappa shape index (κ3) is 4.39. The summed E-state index contributed by atoms with van der Waals surface area (Å²) in [6, 6.07) is 9.98. The highest BCUT2D eigenvalue weighted by Gasteiger charge is 2.21. The molecule has 3 heterocycles. The van der Waals surface area contributed by atoms with Gasteiger partial charge in [0.2, 0.25) is 5.91 Å². The topological polar surface area (TPSA) is 58.1 Å². The minimum absolute atomic E-state index is 0.0514. The molecule has 0 radical (unpaired) electrons. The van der Waals surface area contributed by atoms with Crippen molar-refractivity contribution in [3.8, 4) is 0 Å². The number of carbonyl (C=O) groups excluding carboxylic acids is 1. The molecular weight excluding hydrogens is 288 g/mol. The molecule has 5 nitrogen and oxygen atoms in total. The van der Waals surface area contributed by atoms with E-state index in [0.717, 1.165) is 37.3 Å². The zero-order chi connectivity index (χ0) is 15.9. The van der Waals surface area contributed by atoms with Gasteiger partial charge < -0.3 is 10.2 Å². The van der Waals surface area contributed by atoms with E-state index in [9.17, 15) is 4.79 Å². The fourth-order valence-electron chi connectivity index (χ4n) is 2.66. The number of hydrogen-bond acceptors (Lipinski definition) is 4. The molecule has 1 amide bonds. The van der Waals surface area contributed by atoms with Crippen LogP contribution in [0.1, 0.15) is 18.5 Å². The van der Waals surface area contributed by atoms with Crippen molar-refractivity contribution in [2.24, 2.45) is 0 Å². The first-order valence-corrected chi connectivity index (χ1v) is 7.86. The van der Waals surface area contributed by atoms with E-state index in [1.54, 1.807) is 24.5 Å². The van der Waals surface area contributed by atoms with Crippen molar-refractivity contribution < 1.29 is 4.79 Å². The van der Waals surface area contributed by atoms with E-state index in [2.05, 4.69) is 15.3 Å². The minimum Gasteiger partial charge on any atom is -0.381 e. The molecule has 0 saturated carbocycles. The van der Waals surface area contributed by atoms with Gasteiger partial charge in [0.25, 0.3) is 0 Å². The molecule has 1 aliphatic rings. The van der Waals surface area contributed by atoms with E-state index >= 15 is 0 Å². The predicted octanol–water partition coefficient (Wildman–Crippen LogP) is 2.59. The first-order chi connectivity index (χ1) is 11.3. The van der Waals surface area contributed by atoms with Gasteiger partial charge >= 0.3 is 0 Å². The lowest BCUT2D eigenvalue weighted by Gasteiger charge is -2.32. The number of likely N-dealkylation sites (tertiary alicyclic amines) is 1. The molecule has 1 N–H and O–H groups in total. The summed E-state index contributed by atoms with van der Waals surface area (Å²) < 4.78 is 0. The smallest absolute Gasteiger partial charge is 0.246 e. The Labute approximate surface area is 136 Å². The van der Waals surface area contributed by atoms with Gasteiger partial charge in [0.15, 0.2) is 0 Å². The summed E-state index contributed by atoms with van der Waals surface area (Å²) >= 11 is 0. The van der Waals surface area contributed by atoms with Crippen molar-refractivity contribution in [2.75, 3.05) is 18.4 Å². The lowest BCUT2D eigenvalue weighted by Crippen LogP contribution is -2.41. The van der Waals surface area contributed by atoms with Crippen LogP contribution in [0.15, 0.2) is 55.0 Å². The van der Waals surface area contributed by atoms with E-state index in [1.807, 2.05) is 41.4 Å². The zero-order valence-electron chi connectivity index (χ0n) is 12.9. The number of piperidine rings is 1. The fraction of sp³-hybridized carbons (Fsp3) is 0.278. The van der Waals surface area contributed by atoms with Crippen molar-refractivity contribution in [1.82, 2.24) is 14.9 Å². The standard InChI is InChI=1S/C18H20N4O/c23-18(7-6-15-4-1-2-11-20-15)22-12-8-16(9-13-22)21-17-5-3-10-19-14-17/h1-7,10-11,14,16,21H,8-9,12-13H2/b7-6+. The maximum absolute atomic E-state index is 12.2. The molecule has 5 heteroatoms.